The number of ether oxygens (including phenoxy) is 2. The van der Waals surface area contributed by atoms with E-state index in [1.807, 2.05) is 48.7 Å². The number of aryl methyl sites for hydroxylation is 1. The van der Waals surface area contributed by atoms with E-state index in [4.69, 9.17) is 9.47 Å². The third-order valence-electron chi connectivity index (χ3n) is 5.24. The number of carbonyl (C=O) groups is 1. The zero-order chi connectivity index (χ0) is 20.8. The highest BCUT2D eigenvalue weighted by molar-refractivity contribution is 7.15. The number of hydrogen-bond donors (Lipinski definition) is 0. The number of thiazole rings is 1. The largest absolute Gasteiger partial charge is 0.493 e. The Morgan fingerprint density at radius 3 is 2.70 bits per heavy atom. The summed E-state index contributed by atoms with van der Waals surface area (Å²) in [6.45, 7) is 4.43. The quantitative estimate of drug-likeness (QED) is 0.511. The topological polar surface area (TPSA) is 51.7 Å². The lowest BCUT2D eigenvalue weighted by molar-refractivity contribution is 0.102. The third kappa shape index (κ3) is 5.19. The minimum Gasteiger partial charge on any atom is -0.493 e. The van der Waals surface area contributed by atoms with Crippen LogP contribution in [-0.4, -0.2) is 35.7 Å². The minimum atomic E-state index is -0.249. The van der Waals surface area contributed by atoms with Crippen molar-refractivity contribution in [3.8, 4) is 16.3 Å². The third-order valence-corrected chi connectivity index (χ3v) is 6.43. The number of aromatic nitrogens is 1. The van der Waals surface area contributed by atoms with Crippen LogP contribution in [0.3, 0.4) is 0 Å². The molecule has 1 atom stereocenters. The summed E-state index contributed by atoms with van der Waals surface area (Å²) in [6, 6.07) is 17.8. The molecule has 156 valence electrons. The molecule has 0 spiro atoms. The fraction of sp³-hybridized carbons (Fsp3) is 0.333. The normalized spacial score (nSPS) is 15.9. The summed E-state index contributed by atoms with van der Waals surface area (Å²) >= 11 is 1.73. The maximum absolute atomic E-state index is 12.3. The monoisotopic (exact) mass is 422 g/mol. The molecule has 2 heterocycles. The fourth-order valence-electron chi connectivity index (χ4n) is 3.46. The molecule has 0 N–H and O–H groups in total. The Morgan fingerprint density at radius 1 is 1.17 bits per heavy atom. The molecule has 0 saturated carbocycles. The maximum atomic E-state index is 12.3. The van der Waals surface area contributed by atoms with Gasteiger partial charge in [0.25, 0.3) is 0 Å². The van der Waals surface area contributed by atoms with E-state index in [1.54, 1.807) is 16.2 Å². The molecule has 1 amide bonds. The van der Waals surface area contributed by atoms with Gasteiger partial charge < -0.3 is 14.4 Å². The zero-order valence-corrected chi connectivity index (χ0v) is 17.9. The van der Waals surface area contributed by atoms with E-state index >= 15 is 0 Å². The molecule has 3 aromatic rings. The predicted molar refractivity (Wildman–Crippen MR) is 119 cm³/mol. The van der Waals surface area contributed by atoms with Crippen LogP contribution in [0.1, 0.15) is 23.8 Å². The lowest BCUT2D eigenvalue weighted by atomic mass is 10.1. The van der Waals surface area contributed by atoms with Gasteiger partial charge in [-0.25, -0.2) is 9.78 Å². The van der Waals surface area contributed by atoms with Gasteiger partial charge in [0.2, 0.25) is 0 Å². The molecule has 0 unspecified atom stereocenters. The van der Waals surface area contributed by atoms with Gasteiger partial charge in [0.15, 0.2) is 0 Å². The van der Waals surface area contributed by atoms with Crippen LogP contribution in [0.4, 0.5) is 4.79 Å². The van der Waals surface area contributed by atoms with E-state index < -0.39 is 0 Å². The molecular weight excluding hydrogens is 396 g/mol. The highest BCUT2D eigenvalue weighted by Crippen LogP contribution is 2.27. The van der Waals surface area contributed by atoms with Crippen molar-refractivity contribution in [3.05, 3.63) is 71.2 Å². The predicted octanol–water partition coefficient (Wildman–Crippen LogP) is 5.41. The van der Waals surface area contributed by atoms with E-state index in [1.165, 1.54) is 4.88 Å². The smallest absolute Gasteiger partial charge is 0.410 e. The van der Waals surface area contributed by atoms with E-state index in [0.717, 1.165) is 34.7 Å². The van der Waals surface area contributed by atoms with Crippen molar-refractivity contribution < 1.29 is 14.3 Å². The molecule has 30 heavy (non-hydrogen) atoms. The first-order chi connectivity index (χ1) is 14.7. The van der Waals surface area contributed by atoms with Crippen LogP contribution in [0, 0.1) is 5.92 Å². The van der Waals surface area contributed by atoms with Crippen molar-refractivity contribution in [3.63, 3.8) is 0 Å². The van der Waals surface area contributed by atoms with Crippen LogP contribution in [0.2, 0.25) is 0 Å². The molecule has 1 aliphatic heterocycles. The number of rotatable bonds is 7. The van der Waals surface area contributed by atoms with Gasteiger partial charge in [-0.3, -0.25) is 0 Å². The molecule has 2 aromatic carbocycles. The number of benzene rings is 2. The summed E-state index contributed by atoms with van der Waals surface area (Å²) in [6.07, 6.45) is 3.64. The molecule has 4 rings (SSSR count). The van der Waals surface area contributed by atoms with Crippen LogP contribution in [0.25, 0.3) is 10.6 Å². The molecule has 1 saturated heterocycles. The summed E-state index contributed by atoms with van der Waals surface area (Å²) < 4.78 is 11.4. The second-order valence-electron chi connectivity index (χ2n) is 7.46. The number of carbonyl (C=O) groups excluding carboxylic acids is 1. The highest BCUT2D eigenvalue weighted by atomic mass is 32.1. The number of amides is 1. The van der Waals surface area contributed by atoms with Crippen LogP contribution >= 0.6 is 11.3 Å². The summed E-state index contributed by atoms with van der Waals surface area (Å²) in [7, 11) is 0. The Balaban J connectivity index is 1.22. The standard InChI is InChI=1S/C24H26N2O3S/c1-2-22-14-25-23(30-22)20-8-10-21(11-9-20)28-17-19-12-13-26(15-19)24(27)29-16-18-6-4-3-5-7-18/h3-11,14,19H,2,12-13,15-17H2,1H3/t19-/m0/s1. The Bertz CT molecular complexity index is 956. The number of hydrogen-bond acceptors (Lipinski definition) is 5. The van der Waals surface area contributed by atoms with Crippen LogP contribution in [0.5, 0.6) is 5.75 Å². The second-order valence-corrected chi connectivity index (χ2v) is 8.58. The Morgan fingerprint density at radius 2 is 1.97 bits per heavy atom. The van der Waals surface area contributed by atoms with Gasteiger partial charge in [0, 0.05) is 35.6 Å². The van der Waals surface area contributed by atoms with Gasteiger partial charge in [-0.1, -0.05) is 37.3 Å². The molecule has 0 aliphatic carbocycles. The Kier molecular flexibility index (Phi) is 6.64. The zero-order valence-electron chi connectivity index (χ0n) is 17.1. The number of likely N-dealkylation sites (tertiary alicyclic amines) is 1. The van der Waals surface area contributed by atoms with Gasteiger partial charge >= 0.3 is 6.09 Å². The van der Waals surface area contributed by atoms with Gasteiger partial charge in [-0.2, -0.15) is 0 Å². The molecule has 6 heteroatoms. The molecule has 5 nitrogen and oxygen atoms in total. The minimum absolute atomic E-state index is 0.249. The molecule has 1 aromatic heterocycles. The average Bonchev–Trinajstić information content (AvgIpc) is 3.47. The van der Waals surface area contributed by atoms with Crippen molar-refractivity contribution in [2.75, 3.05) is 19.7 Å². The second kappa shape index (κ2) is 9.76. The molecule has 0 bridgehead atoms. The first-order valence-corrected chi connectivity index (χ1v) is 11.2. The van der Waals surface area contributed by atoms with Gasteiger partial charge in [0.1, 0.15) is 17.4 Å². The van der Waals surface area contributed by atoms with Crippen LogP contribution in [-0.2, 0) is 17.8 Å². The highest BCUT2D eigenvalue weighted by Gasteiger charge is 2.27. The van der Waals surface area contributed by atoms with Crippen molar-refractivity contribution in [1.82, 2.24) is 9.88 Å². The van der Waals surface area contributed by atoms with E-state index in [2.05, 4.69) is 24.0 Å². The van der Waals surface area contributed by atoms with E-state index in [9.17, 15) is 4.79 Å². The summed E-state index contributed by atoms with van der Waals surface area (Å²) in [5.74, 6) is 1.16. The van der Waals surface area contributed by atoms with Crippen molar-refractivity contribution in [2.45, 2.75) is 26.4 Å². The fourth-order valence-corrected chi connectivity index (χ4v) is 4.31. The van der Waals surface area contributed by atoms with Gasteiger partial charge in [0.05, 0.1) is 6.61 Å². The Labute approximate surface area is 181 Å². The van der Waals surface area contributed by atoms with Gasteiger partial charge in [-0.05, 0) is 42.7 Å². The van der Waals surface area contributed by atoms with Crippen LogP contribution in [0.15, 0.2) is 60.8 Å². The SMILES string of the molecule is CCc1cnc(-c2ccc(OC[C@H]3CCN(C(=O)OCc4ccccc4)C3)cc2)s1. The summed E-state index contributed by atoms with van der Waals surface area (Å²) in [4.78, 5) is 19.8. The van der Waals surface area contributed by atoms with Gasteiger partial charge in [-0.15, -0.1) is 11.3 Å². The Hall–Kier alpha value is -2.86. The number of nitrogens with zero attached hydrogens (tertiary/aromatic N) is 2. The van der Waals surface area contributed by atoms with Crippen molar-refractivity contribution in [1.29, 1.82) is 0 Å². The van der Waals surface area contributed by atoms with E-state index in [-0.39, 0.29) is 6.09 Å². The van der Waals surface area contributed by atoms with Crippen LogP contribution < -0.4 is 4.74 Å². The summed E-state index contributed by atoms with van der Waals surface area (Å²) in [5, 5.41) is 1.04. The van der Waals surface area contributed by atoms with E-state index in [0.29, 0.717) is 32.2 Å². The summed E-state index contributed by atoms with van der Waals surface area (Å²) in [5.41, 5.74) is 2.11. The lowest BCUT2D eigenvalue weighted by Gasteiger charge is -2.17. The first-order valence-electron chi connectivity index (χ1n) is 10.3. The van der Waals surface area contributed by atoms with Crippen molar-refractivity contribution in [2.24, 2.45) is 5.92 Å². The molecule has 1 aliphatic rings. The maximum Gasteiger partial charge on any atom is 0.410 e. The molecular formula is C24H26N2O3S. The lowest BCUT2D eigenvalue weighted by Crippen LogP contribution is -2.30. The first kappa shape index (κ1) is 20.4. The molecule has 1 fully saturated rings. The van der Waals surface area contributed by atoms with Crippen molar-refractivity contribution >= 4 is 17.4 Å². The average molecular weight is 423 g/mol. The molecule has 0 radical (unpaired) electrons.